The summed E-state index contributed by atoms with van der Waals surface area (Å²) in [5, 5.41) is 19.4. The third kappa shape index (κ3) is 3.79. The van der Waals surface area contributed by atoms with E-state index in [1.54, 1.807) is 0 Å². The van der Waals surface area contributed by atoms with Gasteiger partial charge in [0, 0.05) is 42.0 Å². The SMILES string of the molecule is O[C@@H](CNCCOc1ccc2c(c1)[nH]c1ccccc12)c1ccc2c(c1)NCCO2. The summed E-state index contributed by atoms with van der Waals surface area (Å²) in [4.78, 5) is 3.43. The largest absolute Gasteiger partial charge is 0.492 e. The van der Waals surface area contributed by atoms with Crippen LogP contribution in [-0.4, -0.2) is 42.9 Å². The number of anilines is 1. The van der Waals surface area contributed by atoms with E-state index in [4.69, 9.17) is 9.47 Å². The molecule has 1 aromatic heterocycles. The fraction of sp³-hybridized carbons (Fsp3) is 0.250. The van der Waals surface area contributed by atoms with Gasteiger partial charge in [0.25, 0.3) is 0 Å². The summed E-state index contributed by atoms with van der Waals surface area (Å²) in [6.45, 7) is 3.09. The number of aliphatic hydroxyl groups is 1. The second-order valence-electron chi connectivity index (χ2n) is 7.48. The minimum absolute atomic E-state index is 0.462. The first kappa shape index (κ1) is 18.8. The third-order valence-corrected chi connectivity index (χ3v) is 5.43. The number of hydrogen-bond acceptors (Lipinski definition) is 5. The Balaban J connectivity index is 1.12. The Bertz CT molecular complexity index is 1170. The molecule has 154 valence electrons. The van der Waals surface area contributed by atoms with E-state index < -0.39 is 6.10 Å². The number of H-pyrrole nitrogens is 1. The molecule has 0 saturated carbocycles. The summed E-state index contributed by atoms with van der Waals surface area (Å²) in [6.07, 6.45) is -0.582. The van der Waals surface area contributed by atoms with Crippen LogP contribution in [0.5, 0.6) is 11.5 Å². The number of aliphatic hydroxyl groups excluding tert-OH is 1. The summed E-state index contributed by atoms with van der Waals surface area (Å²) in [5.74, 6) is 1.67. The molecule has 2 heterocycles. The molecule has 0 spiro atoms. The molecular formula is C24H25N3O3. The van der Waals surface area contributed by atoms with Crippen LogP contribution in [0.25, 0.3) is 21.8 Å². The zero-order chi connectivity index (χ0) is 20.3. The van der Waals surface area contributed by atoms with Crippen LogP contribution in [0.2, 0.25) is 0 Å². The van der Waals surface area contributed by atoms with Gasteiger partial charge in [-0.25, -0.2) is 0 Å². The van der Waals surface area contributed by atoms with Crippen LogP contribution in [0.15, 0.2) is 60.7 Å². The number of aromatic amines is 1. The first-order chi connectivity index (χ1) is 14.8. The smallest absolute Gasteiger partial charge is 0.142 e. The fourth-order valence-electron chi connectivity index (χ4n) is 3.89. The van der Waals surface area contributed by atoms with Crippen LogP contribution < -0.4 is 20.1 Å². The van der Waals surface area contributed by atoms with Crippen LogP contribution in [0.3, 0.4) is 0 Å². The molecule has 0 bridgehead atoms. The van der Waals surface area contributed by atoms with E-state index in [-0.39, 0.29) is 0 Å². The summed E-state index contributed by atoms with van der Waals surface area (Å²) >= 11 is 0. The molecule has 4 aromatic rings. The minimum Gasteiger partial charge on any atom is -0.492 e. The van der Waals surface area contributed by atoms with Crippen molar-refractivity contribution < 1.29 is 14.6 Å². The highest BCUT2D eigenvalue weighted by atomic mass is 16.5. The van der Waals surface area contributed by atoms with E-state index >= 15 is 0 Å². The van der Waals surface area contributed by atoms with Crippen molar-refractivity contribution in [3.63, 3.8) is 0 Å². The van der Waals surface area contributed by atoms with Crippen molar-refractivity contribution in [2.24, 2.45) is 0 Å². The Hall–Kier alpha value is -3.22. The molecule has 0 aliphatic carbocycles. The van der Waals surface area contributed by atoms with Gasteiger partial charge in [-0.05, 0) is 35.9 Å². The average Bonchev–Trinajstić information content (AvgIpc) is 3.16. The number of fused-ring (bicyclic) bond motifs is 4. The van der Waals surface area contributed by atoms with Gasteiger partial charge < -0.3 is 30.2 Å². The van der Waals surface area contributed by atoms with Gasteiger partial charge in [-0.1, -0.05) is 24.3 Å². The molecule has 6 nitrogen and oxygen atoms in total. The molecule has 3 aromatic carbocycles. The first-order valence-corrected chi connectivity index (χ1v) is 10.3. The highest BCUT2D eigenvalue weighted by Crippen LogP contribution is 2.30. The quantitative estimate of drug-likeness (QED) is 0.353. The topological polar surface area (TPSA) is 78.5 Å². The maximum atomic E-state index is 10.4. The zero-order valence-electron chi connectivity index (χ0n) is 16.7. The molecule has 0 radical (unpaired) electrons. The molecule has 0 saturated heterocycles. The Morgan fingerprint density at radius 3 is 2.90 bits per heavy atom. The second-order valence-corrected chi connectivity index (χ2v) is 7.48. The van der Waals surface area contributed by atoms with E-state index in [1.807, 2.05) is 36.4 Å². The van der Waals surface area contributed by atoms with Gasteiger partial charge in [-0.3, -0.25) is 0 Å². The number of benzene rings is 3. The van der Waals surface area contributed by atoms with Gasteiger partial charge in [0.2, 0.25) is 0 Å². The van der Waals surface area contributed by atoms with Gasteiger partial charge in [0.15, 0.2) is 0 Å². The molecule has 0 unspecified atom stereocenters. The van der Waals surface area contributed by atoms with Gasteiger partial charge in [0.05, 0.1) is 17.3 Å². The monoisotopic (exact) mass is 403 g/mol. The summed E-state index contributed by atoms with van der Waals surface area (Å²) < 4.78 is 11.5. The standard InChI is InChI=1S/C24H25N3O3/c28-23(16-5-8-24-22(13-16)26-10-12-30-24)15-25-9-11-29-17-6-7-19-18-3-1-2-4-20(18)27-21(19)14-17/h1-8,13-14,23,25-28H,9-12,15H2/t23-/m0/s1. The molecule has 5 rings (SSSR count). The van der Waals surface area contributed by atoms with Crippen LogP contribution in [0.1, 0.15) is 11.7 Å². The van der Waals surface area contributed by atoms with Gasteiger partial charge in [-0.15, -0.1) is 0 Å². The normalized spacial score (nSPS) is 14.2. The Kier molecular flexibility index (Phi) is 5.17. The van der Waals surface area contributed by atoms with Crippen LogP contribution in [-0.2, 0) is 0 Å². The maximum Gasteiger partial charge on any atom is 0.142 e. The Morgan fingerprint density at radius 2 is 1.93 bits per heavy atom. The third-order valence-electron chi connectivity index (χ3n) is 5.43. The molecule has 4 N–H and O–H groups in total. The fourth-order valence-corrected chi connectivity index (χ4v) is 3.89. The highest BCUT2D eigenvalue weighted by Gasteiger charge is 2.14. The average molecular weight is 403 g/mol. The van der Waals surface area contributed by atoms with Crippen LogP contribution in [0.4, 0.5) is 5.69 Å². The lowest BCUT2D eigenvalue weighted by Gasteiger charge is -2.21. The predicted octanol–water partition coefficient (Wildman–Crippen LogP) is 3.83. The number of para-hydroxylation sites is 1. The molecule has 6 heteroatoms. The Labute approximate surface area is 174 Å². The van der Waals surface area contributed by atoms with E-state index in [0.29, 0.717) is 26.3 Å². The van der Waals surface area contributed by atoms with Crippen molar-refractivity contribution in [2.75, 3.05) is 38.2 Å². The van der Waals surface area contributed by atoms with E-state index in [0.717, 1.165) is 40.3 Å². The number of nitrogens with one attached hydrogen (secondary N) is 3. The molecule has 30 heavy (non-hydrogen) atoms. The zero-order valence-corrected chi connectivity index (χ0v) is 16.7. The molecule has 1 aliphatic rings. The lowest BCUT2D eigenvalue weighted by Crippen LogP contribution is -2.26. The molecule has 0 fully saturated rings. The number of hydrogen-bond donors (Lipinski definition) is 4. The summed E-state index contributed by atoms with van der Waals surface area (Å²) in [6, 6.07) is 20.2. The van der Waals surface area contributed by atoms with Crippen molar-refractivity contribution >= 4 is 27.5 Å². The van der Waals surface area contributed by atoms with Crippen molar-refractivity contribution in [1.82, 2.24) is 10.3 Å². The van der Waals surface area contributed by atoms with Crippen molar-refractivity contribution in [3.05, 3.63) is 66.2 Å². The number of ether oxygens (including phenoxy) is 2. The van der Waals surface area contributed by atoms with Crippen LogP contribution in [0, 0.1) is 0 Å². The van der Waals surface area contributed by atoms with E-state index in [9.17, 15) is 5.11 Å². The lowest BCUT2D eigenvalue weighted by atomic mass is 10.1. The predicted molar refractivity (Wildman–Crippen MR) is 120 cm³/mol. The molecular weight excluding hydrogens is 378 g/mol. The van der Waals surface area contributed by atoms with Crippen LogP contribution >= 0.6 is 0 Å². The van der Waals surface area contributed by atoms with Gasteiger partial charge in [0.1, 0.15) is 24.7 Å². The second kappa shape index (κ2) is 8.26. The van der Waals surface area contributed by atoms with E-state index in [1.165, 1.54) is 10.8 Å². The van der Waals surface area contributed by atoms with Crippen molar-refractivity contribution in [2.45, 2.75) is 6.10 Å². The van der Waals surface area contributed by atoms with Gasteiger partial charge in [-0.2, -0.15) is 0 Å². The molecule has 1 atom stereocenters. The lowest BCUT2D eigenvalue weighted by molar-refractivity contribution is 0.172. The first-order valence-electron chi connectivity index (χ1n) is 10.3. The minimum atomic E-state index is -0.582. The maximum absolute atomic E-state index is 10.4. The van der Waals surface area contributed by atoms with Crippen molar-refractivity contribution in [1.29, 1.82) is 0 Å². The summed E-state index contributed by atoms with van der Waals surface area (Å²) in [5.41, 5.74) is 4.00. The Morgan fingerprint density at radius 1 is 1.03 bits per heavy atom. The molecule has 1 aliphatic heterocycles. The van der Waals surface area contributed by atoms with Crippen molar-refractivity contribution in [3.8, 4) is 11.5 Å². The van der Waals surface area contributed by atoms with Gasteiger partial charge >= 0.3 is 0 Å². The number of rotatable bonds is 7. The summed E-state index contributed by atoms with van der Waals surface area (Å²) in [7, 11) is 0. The van der Waals surface area contributed by atoms with E-state index in [2.05, 4.69) is 39.9 Å². The highest BCUT2D eigenvalue weighted by molar-refractivity contribution is 6.07. The molecule has 0 amide bonds. The number of aromatic nitrogens is 1.